The average molecular weight is 465 g/mol. The molecule has 0 bridgehead atoms. The van der Waals surface area contributed by atoms with Gasteiger partial charge >= 0.3 is 0 Å². The van der Waals surface area contributed by atoms with Crippen LogP contribution in [0.5, 0.6) is 0 Å². The van der Waals surface area contributed by atoms with Crippen molar-refractivity contribution >= 4 is 0 Å². The molecule has 0 amide bonds. The fourth-order valence-electron chi connectivity index (χ4n) is 10.4. The topological polar surface area (TPSA) is 99.4 Å². The first kappa shape index (κ1) is 23.2. The molecule has 14 atom stereocenters. The van der Waals surface area contributed by atoms with Gasteiger partial charge in [0.05, 0.1) is 31.0 Å². The molecule has 6 heteroatoms. The molecule has 6 rings (SSSR count). The Balaban J connectivity index is 1.26. The quantitative estimate of drug-likeness (QED) is 0.476. The van der Waals surface area contributed by atoms with E-state index in [9.17, 15) is 20.4 Å². The van der Waals surface area contributed by atoms with Crippen molar-refractivity contribution in [3.63, 3.8) is 0 Å². The van der Waals surface area contributed by atoms with Gasteiger partial charge in [-0.1, -0.05) is 20.8 Å². The van der Waals surface area contributed by atoms with Crippen molar-refractivity contribution in [2.24, 2.45) is 52.3 Å². The van der Waals surface area contributed by atoms with Crippen molar-refractivity contribution in [1.29, 1.82) is 0 Å². The third-order valence-electron chi connectivity index (χ3n) is 12.1. The summed E-state index contributed by atoms with van der Waals surface area (Å²) in [5.74, 6) is 2.09. The molecule has 4 N–H and O–H groups in total. The maximum absolute atomic E-state index is 11.3. The number of aliphatic hydroxyl groups is 4. The summed E-state index contributed by atoms with van der Waals surface area (Å²) < 4.78 is 13.2. The minimum absolute atomic E-state index is 0.0796. The molecule has 1 spiro atoms. The molecule has 2 heterocycles. The van der Waals surface area contributed by atoms with E-state index in [1.165, 1.54) is 6.42 Å². The molecule has 14 unspecified atom stereocenters. The first-order valence-corrected chi connectivity index (χ1v) is 13.6. The van der Waals surface area contributed by atoms with Crippen LogP contribution < -0.4 is 0 Å². The normalized spacial score (nSPS) is 62.5. The van der Waals surface area contributed by atoms with Crippen LogP contribution in [0, 0.1) is 52.3 Å². The summed E-state index contributed by atoms with van der Waals surface area (Å²) in [6.07, 6.45) is 5.54. The van der Waals surface area contributed by atoms with Crippen molar-refractivity contribution in [3.8, 4) is 0 Å². The van der Waals surface area contributed by atoms with Crippen molar-refractivity contribution in [2.45, 2.75) is 102 Å². The van der Waals surface area contributed by atoms with Gasteiger partial charge in [0, 0.05) is 24.9 Å². The van der Waals surface area contributed by atoms with Gasteiger partial charge in [-0.05, 0) is 85.4 Å². The van der Waals surface area contributed by atoms with Gasteiger partial charge in [0.2, 0.25) is 0 Å². The summed E-state index contributed by atoms with van der Waals surface area (Å²) in [5, 5.41) is 41.7. The van der Waals surface area contributed by atoms with E-state index in [0.29, 0.717) is 49.0 Å². The molecular weight excluding hydrogens is 420 g/mol. The molecule has 2 aliphatic heterocycles. The van der Waals surface area contributed by atoms with Crippen LogP contribution in [0.1, 0.15) is 72.1 Å². The zero-order valence-electron chi connectivity index (χ0n) is 20.5. The maximum atomic E-state index is 11.3. The Bertz CT molecular complexity index is 766. The monoisotopic (exact) mass is 464 g/mol. The second-order valence-electron chi connectivity index (χ2n) is 13.3. The Morgan fingerprint density at radius 1 is 0.848 bits per heavy atom. The highest BCUT2D eigenvalue weighted by atomic mass is 16.7. The summed E-state index contributed by atoms with van der Waals surface area (Å²) in [4.78, 5) is 0. The molecule has 4 saturated carbocycles. The third-order valence-corrected chi connectivity index (χ3v) is 12.1. The number of fused-ring (bicyclic) bond motifs is 7. The van der Waals surface area contributed by atoms with Crippen molar-refractivity contribution < 1.29 is 29.9 Å². The molecular formula is C27H44O6. The van der Waals surface area contributed by atoms with E-state index in [1.807, 2.05) is 0 Å². The number of aliphatic hydroxyl groups excluding tert-OH is 4. The highest BCUT2D eigenvalue weighted by Crippen LogP contribution is 2.71. The first-order chi connectivity index (χ1) is 15.6. The van der Waals surface area contributed by atoms with Crippen LogP contribution in [-0.2, 0) is 9.47 Å². The second kappa shape index (κ2) is 7.63. The number of rotatable bonds is 1. The maximum Gasteiger partial charge on any atom is 0.171 e. The fourth-order valence-corrected chi connectivity index (χ4v) is 10.4. The highest BCUT2D eigenvalue weighted by molar-refractivity contribution is 5.16. The van der Waals surface area contributed by atoms with Crippen LogP contribution in [0.4, 0.5) is 0 Å². The van der Waals surface area contributed by atoms with E-state index in [1.54, 1.807) is 0 Å². The predicted molar refractivity (Wildman–Crippen MR) is 122 cm³/mol. The van der Waals surface area contributed by atoms with Crippen LogP contribution in [0.15, 0.2) is 0 Å². The number of hydrogen-bond acceptors (Lipinski definition) is 6. The molecule has 4 aliphatic carbocycles. The van der Waals surface area contributed by atoms with Gasteiger partial charge in [0.1, 0.15) is 0 Å². The zero-order chi connectivity index (χ0) is 23.3. The summed E-state index contributed by atoms with van der Waals surface area (Å²) in [6, 6.07) is 0. The van der Waals surface area contributed by atoms with Gasteiger partial charge in [0.15, 0.2) is 5.79 Å². The lowest BCUT2D eigenvalue weighted by Gasteiger charge is -2.62. The Labute approximate surface area is 198 Å². The van der Waals surface area contributed by atoms with Gasteiger partial charge in [-0.15, -0.1) is 0 Å². The molecule has 33 heavy (non-hydrogen) atoms. The van der Waals surface area contributed by atoms with E-state index in [-0.39, 0.29) is 35.4 Å². The third kappa shape index (κ3) is 3.07. The Hall–Kier alpha value is -0.240. The van der Waals surface area contributed by atoms with Crippen LogP contribution in [0.25, 0.3) is 0 Å². The second-order valence-corrected chi connectivity index (χ2v) is 13.3. The molecule has 2 saturated heterocycles. The van der Waals surface area contributed by atoms with Crippen LogP contribution in [-0.4, -0.2) is 63.8 Å². The molecule has 6 fully saturated rings. The minimum Gasteiger partial charge on any atom is -0.396 e. The van der Waals surface area contributed by atoms with E-state index in [2.05, 4.69) is 20.8 Å². The SMILES string of the molecule is CC1C2C(CC3C4CC(O)C5CC(O)C(O)CC5(C)C4CCC32C)OC12CCC(CO)CO2. The Morgan fingerprint density at radius 2 is 1.64 bits per heavy atom. The zero-order valence-corrected chi connectivity index (χ0v) is 20.5. The minimum atomic E-state index is -0.708. The molecule has 6 aliphatic rings. The molecule has 0 aromatic heterocycles. The van der Waals surface area contributed by atoms with E-state index < -0.39 is 24.1 Å². The van der Waals surface area contributed by atoms with E-state index >= 15 is 0 Å². The first-order valence-electron chi connectivity index (χ1n) is 13.6. The van der Waals surface area contributed by atoms with Crippen LogP contribution in [0.3, 0.4) is 0 Å². The molecule has 188 valence electrons. The van der Waals surface area contributed by atoms with Crippen molar-refractivity contribution in [3.05, 3.63) is 0 Å². The van der Waals surface area contributed by atoms with E-state index in [0.717, 1.165) is 32.1 Å². The molecule has 6 nitrogen and oxygen atoms in total. The van der Waals surface area contributed by atoms with Gasteiger partial charge < -0.3 is 29.9 Å². The summed E-state index contributed by atoms with van der Waals surface area (Å²) >= 11 is 0. The fraction of sp³-hybridized carbons (Fsp3) is 1.00. The van der Waals surface area contributed by atoms with Crippen LogP contribution >= 0.6 is 0 Å². The Kier molecular flexibility index (Phi) is 5.36. The van der Waals surface area contributed by atoms with Crippen molar-refractivity contribution in [1.82, 2.24) is 0 Å². The summed E-state index contributed by atoms with van der Waals surface area (Å²) in [5.41, 5.74) is 0.0706. The van der Waals surface area contributed by atoms with Gasteiger partial charge in [-0.2, -0.15) is 0 Å². The van der Waals surface area contributed by atoms with Gasteiger partial charge in [-0.25, -0.2) is 0 Å². The van der Waals surface area contributed by atoms with Crippen molar-refractivity contribution in [2.75, 3.05) is 13.2 Å². The molecule has 0 aromatic rings. The van der Waals surface area contributed by atoms with Crippen LogP contribution in [0.2, 0.25) is 0 Å². The Morgan fingerprint density at radius 3 is 2.33 bits per heavy atom. The van der Waals surface area contributed by atoms with Gasteiger partial charge in [0.25, 0.3) is 0 Å². The molecule has 0 aromatic carbocycles. The summed E-state index contributed by atoms with van der Waals surface area (Å²) in [7, 11) is 0. The summed E-state index contributed by atoms with van der Waals surface area (Å²) in [6.45, 7) is 7.87. The smallest absolute Gasteiger partial charge is 0.171 e. The largest absolute Gasteiger partial charge is 0.396 e. The molecule has 0 radical (unpaired) electrons. The standard InChI is InChI=1S/C27H44O6/c1-14-24-23(33-27(14)7-4-15(12-28)13-32-27)10-18-16-8-20(29)19-9-21(30)22(31)11-26(19,3)17(16)5-6-25(18,24)2/h14-24,28-31H,4-13H2,1-3H3. The predicted octanol–water partition coefficient (Wildman–Crippen LogP) is 2.71. The number of ether oxygens (including phenoxy) is 2. The lowest BCUT2D eigenvalue weighted by molar-refractivity contribution is -0.276. The highest BCUT2D eigenvalue weighted by Gasteiger charge is 2.70. The number of hydrogen-bond donors (Lipinski definition) is 4. The van der Waals surface area contributed by atoms with Gasteiger partial charge in [-0.3, -0.25) is 0 Å². The average Bonchev–Trinajstić information content (AvgIpc) is 3.21. The lowest BCUT2D eigenvalue weighted by Crippen LogP contribution is -2.61. The lowest BCUT2D eigenvalue weighted by atomic mass is 9.43. The van der Waals surface area contributed by atoms with E-state index in [4.69, 9.17) is 9.47 Å².